The molecule has 2 heterocycles. The summed E-state index contributed by atoms with van der Waals surface area (Å²) in [7, 11) is 3.58. The first kappa shape index (κ1) is 14.7. The van der Waals surface area contributed by atoms with Crippen LogP contribution < -0.4 is 10.2 Å². The first-order chi connectivity index (χ1) is 9.61. The van der Waals surface area contributed by atoms with Gasteiger partial charge in [0.2, 0.25) is 11.9 Å². The summed E-state index contributed by atoms with van der Waals surface area (Å²) in [5.74, 6) is 0.829. The van der Waals surface area contributed by atoms with Crippen LogP contribution in [0, 0.1) is 0 Å². The van der Waals surface area contributed by atoms with E-state index in [2.05, 4.69) is 20.2 Å². The lowest BCUT2D eigenvalue weighted by Crippen LogP contribution is -2.41. The fourth-order valence-corrected chi connectivity index (χ4v) is 2.34. The molecule has 1 saturated heterocycles. The standard InChI is InChI=1S/C14H23N5O/c1-11(13(20)15-2)18(3)10-12-8-16-14(17-9-12)19-6-4-5-7-19/h8-9,11H,4-7,10H2,1-3H3,(H,15,20)/t11-/m0/s1. The van der Waals surface area contributed by atoms with Crippen molar-refractivity contribution < 1.29 is 4.79 Å². The fourth-order valence-electron chi connectivity index (χ4n) is 2.34. The highest BCUT2D eigenvalue weighted by Crippen LogP contribution is 2.15. The van der Waals surface area contributed by atoms with Crippen molar-refractivity contribution in [2.45, 2.75) is 32.4 Å². The minimum Gasteiger partial charge on any atom is -0.358 e. The molecule has 1 aromatic rings. The van der Waals surface area contributed by atoms with E-state index >= 15 is 0 Å². The van der Waals surface area contributed by atoms with E-state index < -0.39 is 0 Å². The Morgan fingerprint density at radius 1 is 1.40 bits per heavy atom. The molecule has 1 amide bonds. The SMILES string of the molecule is CNC(=O)[C@H](C)N(C)Cc1cnc(N2CCCC2)nc1. The van der Waals surface area contributed by atoms with Crippen LogP contribution in [-0.2, 0) is 11.3 Å². The number of likely N-dealkylation sites (N-methyl/N-ethyl adjacent to an activating group) is 2. The Bertz CT molecular complexity index is 441. The number of hydrogen-bond donors (Lipinski definition) is 1. The third-order valence-electron chi connectivity index (χ3n) is 3.80. The fraction of sp³-hybridized carbons (Fsp3) is 0.643. The molecule has 110 valence electrons. The molecule has 6 nitrogen and oxygen atoms in total. The van der Waals surface area contributed by atoms with Crippen LogP contribution in [0.4, 0.5) is 5.95 Å². The predicted molar refractivity (Wildman–Crippen MR) is 78.5 cm³/mol. The van der Waals surface area contributed by atoms with E-state index in [1.165, 1.54) is 12.8 Å². The van der Waals surface area contributed by atoms with Crippen molar-refractivity contribution in [1.82, 2.24) is 20.2 Å². The molecule has 1 aliphatic rings. The van der Waals surface area contributed by atoms with Gasteiger partial charge in [-0.05, 0) is 26.8 Å². The molecule has 1 aliphatic heterocycles. The van der Waals surface area contributed by atoms with Gasteiger partial charge in [0.25, 0.3) is 0 Å². The smallest absolute Gasteiger partial charge is 0.236 e. The van der Waals surface area contributed by atoms with E-state index in [-0.39, 0.29) is 11.9 Å². The Morgan fingerprint density at radius 2 is 2.00 bits per heavy atom. The Labute approximate surface area is 120 Å². The summed E-state index contributed by atoms with van der Waals surface area (Å²) >= 11 is 0. The van der Waals surface area contributed by atoms with Gasteiger partial charge in [0, 0.05) is 44.6 Å². The first-order valence-corrected chi connectivity index (χ1v) is 7.09. The van der Waals surface area contributed by atoms with Crippen molar-refractivity contribution >= 4 is 11.9 Å². The topological polar surface area (TPSA) is 61.4 Å². The van der Waals surface area contributed by atoms with E-state index in [4.69, 9.17) is 0 Å². The second-order valence-electron chi connectivity index (χ2n) is 5.29. The van der Waals surface area contributed by atoms with Crippen LogP contribution in [0.2, 0.25) is 0 Å². The van der Waals surface area contributed by atoms with Crippen molar-refractivity contribution in [1.29, 1.82) is 0 Å². The molecule has 0 aromatic carbocycles. The first-order valence-electron chi connectivity index (χ1n) is 7.09. The molecule has 1 N–H and O–H groups in total. The molecular formula is C14H23N5O. The highest BCUT2D eigenvalue weighted by atomic mass is 16.2. The maximum Gasteiger partial charge on any atom is 0.236 e. The monoisotopic (exact) mass is 277 g/mol. The Kier molecular flexibility index (Phi) is 4.89. The molecule has 1 aromatic heterocycles. The summed E-state index contributed by atoms with van der Waals surface area (Å²) in [6.45, 7) is 4.65. The van der Waals surface area contributed by atoms with Gasteiger partial charge < -0.3 is 10.2 Å². The lowest BCUT2D eigenvalue weighted by atomic mass is 10.2. The van der Waals surface area contributed by atoms with Crippen LogP contribution in [0.25, 0.3) is 0 Å². The van der Waals surface area contributed by atoms with E-state index in [1.54, 1.807) is 7.05 Å². The van der Waals surface area contributed by atoms with Crippen LogP contribution in [0.5, 0.6) is 0 Å². The number of anilines is 1. The third kappa shape index (κ3) is 3.45. The minimum absolute atomic E-state index is 0.0158. The zero-order chi connectivity index (χ0) is 14.5. The van der Waals surface area contributed by atoms with Gasteiger partial charge in [-0.3, -0.25) is 9.69 Å². The van der Waals surface area contributed by atoms with Crippen molar-refractivity contribution in [2.24, 2.45) is 0 Å². The van der Waals surface area contributed by atoms with Gasteiger partial charge >= 0.3 is 0 Å². The highest BCUT2D eigenvalue weighted by Gasteiger charge is 2.18. The minimum atomic E-state index is -0.168. The molecule has 2 rings (SSSR count). The summed E-state index contributed by atoms with van der Waals surface area (Å²) in [6.07, 6.45) is 6.15. The molecular weight excluding hydrogens is 254 g/mol. The number of nitrogens with zero attached hydrogens (tertiary/aromatic N) is 4. The maximum atomic E-state index is 11.6. The van der Waals surface area contributed by atoms with Crippen molar-refractivity contribution in [3.63, 3.8) is 0 Å². The molecule has 0 spiro atoms. The van der Waals surface area contributed by atoms with Gasteiger partial charge in [-0.15, -0.1) is 0 Å². The molecule has 0 unspecified atom stereocenters. The second-order valence-corrected chi connectivity index (χ2v) is 5.29. The van der Waals surface area contributed by atoms with Gasteiger partial charge in [0.05, 0.1) is 6.04 Å². The molecule has 0 bridgehead atoms. The number of rotatable bonds is 5. The van der Waals surface area contributed by atoms with E-state index in [0.29, 0.717) is 6.54 Å². The van der Waals surface area contributed by atoms with E-state index in [9.17, 15) is 4.79 Å². The number of hydrogen-bond acceptors (Lipinski definition) is 5. The van der Waals surface area contributed by atoms with Gasteiger partial charge in [0.1, 0.15) is 0 Å². The number of amides is 1. The molecule has 6 heteroatoms. The molecule has 20 heavy (non-hydrogen) atoms. The highest BCUT2D eigenvalue weighted by molar-refractivity contribution is 5.80. The Balaban J connectivity index is 1.94. The van der Waals surface area contributed by atoms with Gasteiger partial charge in [-0.25, -0.2) is 9.97 Å². The lowest BCUT2D eigenvalue weighted by molar-refractivity contribution is -0.125. The largest absolute Gasteiger partial charge is 0.358 e. The number of nitrogens with one attached hydrogen (secondary N) is 1. The molecule has 1 fully saturated rings. The van der Waals surface area contributed by atoms with Crippen LogP contribution in [0.1, 0.15) is 25.3 Å². The Morgan fingerprint density at radius 3 is 2.55 bits per heavy atom. The van der Waals surface area contributed by atoms with Crippen molar-refractivity contribution in [2.75, 3.05) is 32.1 Å². The summed E-state index contributed by atoms with van der Waals surface area (Å²) in [4.78, 5) is 24.6. The number of carbonyl (C=O) groups excluding carboxylic acids is 1. The number of aromatic nitrogens is 2. The average molecular weight is 277 g/mol. The van der Waals surface area contributed by atoms with E-state index in [0.717, 1.165) is 24.6 Å². The zero-order valence-electron chi connectivity index (χ0n) is 12.5. The average Bonchev–Trinajstić information content (AvgIpc) is 3.00. The summed E-state index contributed by atoms with van der Waals surface area (Å²) < 4.78 is 0. The molecule has 0 aliphatic carbocycles. The van der Waals surface area contributed by atoms with Crippen LogP contribution in [0.15, 0.2) is 12.4 Å². The molecule has 0 radical (unpaired) electrons. The maximum absolute atomic E-state index is 11.6. The quantitative estimate of drug-likeness (QED) is 0.856. The van der Waals surface area contributed by atoms with Gasteiger partial charge in [0.15, 0.2) is 0 Å². The van der Waals surface area contributed by atoms with Crippen LogP contribution >= 0.6 is 0 Å². The van der Waals surface area contributed by atoms with Gasteiger partial charge in [-0.2, -0.15) is 0 Å². The van der Waals surface area contributed by atoms with Crippen molar-refractivity contribution in [3.8, 4) is 0 Å². The molecule has 0 saturated carbocycles. The van der Waals surface area contributed by atoms with E-state index in [1.807, 2.05) is 31.3 Å². The van der Waals surface area contributed by atoms with Crippen molar-refractivity contribution in [3.05, 3.63) is 18.0 Å². The lowest BCUT2D eigenvalue weighted by Gasteiger charge is -2.23. The van der Waals surface area contributed by atoms with Crippen LogP contribution in [-0.4, -0.2) is 54.0 Å². The Hall–Kier alpha value is -1.69. The third-order valence-corrected chi connectivity index (χ3v) is 3.80. The second kappa shape index (κ2) is 6.65. The van der Waals surface area contributed by atoms with Gasteiger partial charge in [-0.1, -0.05) is 0 Å². The van der Waals surface area contributed by atoms with Crippen LogP contribution in [0.3, 0.4) is 0 Å². The molecule has 1 atom stereocenters. The summed E-state index contributed by atoms with van der Waals surface area (Å²) in [6, 6.07) is -0.168. The summed E-state index contributed by atoms with van der Waals surface area (Å²) in [5.41, 5.74) is 1.02. The number of carbonyl (C=O) groups is 1. The predicted octanol–water partition coefficient (Wildman–Crippen LogP) is 0.643. The summed E-state index contributed by atoms with van der Waals surface area (Å²) in [5, 5.41) is 2.66. The zero-order valence-corrected chi connectivity index (χ0v) is 12.5. The normalized spacial score (nSPS) is 16.5.